The van der Waals surface area contributed by atoms with Crippen molar-refractivity contribution >= 4 is 11.8 Å². The Morgan fingerprint density at radius 2 is 2.19 bits per heavy atom. The molecule has 0 aliphatic carbocycles. The van der Waals surface area contributed by atoms with Gasteiger partial charge in [0.25, 0.3) is 11.1 Å². The SMILES string of the molecule is Cc1ccc(C)c(OCc2nnc(SCCCC#N)o2)c1. The first kappa shape index (κ1) is 15.4. The Balaban J connectivity index is 1.85. The Morgan fingerprint density at radius 1 is 1.33 bits per heavy atom. The van der Waals surface area contributed by atoms with Crippen LogP contribution in [0.4, 0.5) is 0 Å². The molecular weight excluding hydrogens is 286 g/mol. The number of nitrogens with zero attached hydrogens (tertiary/aromatic N) is 3. The van der Waals surface area contributed by atoms with Gasteiger partial charge in [0.15, 0.2) is 6.61 Å². The van der Waals surface area contributed by atoms with E-state index in [0.29, 0.717) is 17.5 Å². The molecule has 5 nitrogen and oxygen atoms in total. The van der Waals surface area contributed by atoms with Gasteiger partial charge in [-0.05, 0) is 37.5 Å². The molecule has 0 aliphatic rings. The second kappa shape index (κ2) is 7.70. The highest BCUT2D eigenvalue weighted by Crippen LogP contribution is 2.21. The van der Waals surface area contributed by atoms with Crippen molar-refractivity contribution in [2.24, 2.45) is 0 Å². The summed E-state index contributed by atoms with van der Waals surface area (Å²) in [5.41, 5.74) is 2.22. The van der Waals surface area contributed by atoms with Crippen LogP contribution in [0.15, 0.2) is 27.8 Å². The number of thioether (sulfide) groups is 1. The van der Waals surface area contributed by atoms with E-state index in [9.17, 15) is 0 Å². The molecule has 0 amide bonds. The van der Waals surface area contributed by atoms with Crippen LogP contribution in [0.3, 0.4) is 0 Å². The second-order valence-corrected chi connectivity index (χ2v) is 5.68. The Kier molecular flexibility index (Phi) is 5.64. The van der Waals surface area contributed by atoms with E-state index in [-0.39, 0.29) is 6.61 Å². The first-order valence-corrected chi connectivity index (χ1v) is 7.70. The van der Waals surface area contributed by atoms with Crippen LogP contribution < -0.4 is 4.74 Å². The summed E-state index contributed by atoms with van der Waals surface area (Å²) in [6.45, 7) is 4.28. The maximum absolute atomic E-state index is 8.46. The van der Waals surface area contributed by atoms with Crippen molar-refractivity contribution in [2.45, 2.75) is 38.5 Å². The molecule has 0 fully saturated rings. The van der Waals surface area contributed by atoms with Gasteiger partial charge in [-0.15, -0.1) is 10.2 Å². The molecular formula is C15H17N3O2S. The normalized spacial score (nSPS) is 10.3. The van der Waals surface area contributed by atoms with Gasteiger partial charge in [-0.1, -0.05) is 23.9 Å². The monoisotopic (exact) mass is 303 g/mol. The zero-order valence-corrected chi connectivity index (χ0v) is 12.9. The van der Waals surface area contributed by atoms with Crippen LogP contribution in [-0.2, 0) is 6.61 Å². The second-order valence-electron chi connectivity index (χ2n) is 4.63. The fraction of sp³-hybridized carbons (Fsp3) is 0.400. The Labute approximate surface area is 128 Å². The van der Waals surface area contributed by atoms with Crippen LogP contribution in [0.1, 0.15) is 29.9 Å². The molecule has 0 unspecified atom stereocenters. The van der Waals surface area contributed by atoms with Crippen molar-refractivity contribution < 1.29 is 9.15 Å². The van der Waals surface area contributed by atoms with Gasteiger partial charge in [-0.2, -0.15) is 5.26 Å². The third kappa shape index (κ3) is 4.80. The zero-order chi connectivity index (χ0) is 15.1. The summed E-state index contributed by atoms with van der Waals surface area (Å²) >= 11 is 1.46. The maximum atomic E-state index is 8.46. The summed E-state index contributed by atoms with van der Waals surface area (Å²) in [5, 5.41) is 16.9. The molecule has 110 valence electrons. The lowest BCUT2D eigenvalue weighted by Crippen LogP contribution is -1.97. The minimum absolute atomic E-state index is 0.260. The lowest BCUT2D eigenvalue weighted by molar-refractivity contribution is 0.250. The number of hydrogen-bond donors (Lipinski definition) is 0. The topological polar surface area (TPSA) is 71.9 Å². The highest BCUT2D eigenvalue weighted by molar-refractivity contribution is 7.99. The van der Waals surface area contributed by atoms with Gasteiger partial charge in [0, 0.05) is 12.2 Å². The lowest BCUT2D eigenvalue weighted by Gasteiger charge is -2.07. The first-order valence-electron chi connectivity index (χ1n) is 6.71. The van der Waals surface area contributed by atoms with E-state index in [2.05, 4.69) is 16.3 Å². The summed E-state index contributed by atoms with van der Waals surface area (Å²) in [6, 6.07) is 8.17. The maximum Gasteiger partial charge on any atom is 0.276 e. The predicted molar refractivity (Wildman–Crippen MR) is 80.1 cm³/mol. The molecule has 0 N–H and O–H groups in total. The Bertz CT molecular complexity index is 634. The Morgan fingerprint density at radius 3 is 3.00 bits per heavy atom. The van der Waals surface area contributed by atoms with Gasteiger partial charge in [0.1, 0.15) is 5.75 Å². The molecule has 6 heteroatoms. The quantitative estimate of drug-likeness (QED) is 0.574. The van der Waals surface area contributed by atoms with E-state index >= 15 is 0 Å². The van der Waals surface area contributed by atoms with Gasteiger partial charge >= 0.3 is 0 Å². The van der Waals surface area contributed by atoms with Crippen LogP contribution in [0.2, 0.25) is 0 Å². The van der Waals surface area contributed by atoms with Crippen molar-refractivity contribution in [3.63, 3.8) is 0 Å². The summed E-state index contributed by atoms with van der Waals surface area (Å²) < 4.78 is 11.2. The molecule has 2 rings (SSSR count). The molecule has 1 aromatic heterocycles. The predicted octanol–water partition coefficient (Wildman–Crippen LogP) is 3.66. The van der Waals surface area contributed by atoms with Crippen LogP contribution in [-0.4, -0.2) is 16.0 Å². The Hall–Kier alpha value is -2.00. The molecule has 0 bridgehead atoms. The molecule has 2 aromatic rings. The average molecular weight is 303 g/mol. The van der Waals surface area contributed by atoms with E-state index < -0.39 is 0 Å². The van der Waals surface area contributed by atoms with Gasteiger partial charge in [0.05, 0.1) is 6.07 Å². The van der Waals surface area contributed by atoms with E-state index in [1.165, 1.54) is 11.8 Å². The summed E-state index contributed by atoms with van der Waals surface area (Å²) in [6.07, 6.45) is 1.36. The zero-order valence-electron chi connectivity index (χ0n) is 12.1. The van der Waals surface area contributed by atoms with Gasteiger partial charge in [-0.25, -0.2) is 0 Å². The van der Waals surface area contributed by atoms with E-state index in [1.807, 2.05) is 32.0 Å². The summed E-state index contributed by atoms with van der Waals surface area (Å²) in [4.78, 5) is 0. The molecule has 0 atom stereocenters. The highest BCUT2D eigenvalue weighted by Gasteiger charge is 2.08. The van der Waals surface area contributed by atoms with E-state index in [4.69, 9.17) is 14.4 Å². The number of unbranched alkanes of at least 4 members (excludes halogenated alkanes) is 1. The molecule has 0 radical (unpaired) electrons. The smallest absolute Gasteiger partial charge is 0.276 e. The van der Waals surface area contributed by atoms with Gasteiger partial charge in [0.2, 0.25) is 0 Å². The van der Waals surface area contributed by atoms with Gasteiger partial charge in [-0.3, -0.25) is 0 Å². The minimum atomic E-state index is 0.260. The van der Waals surface area contributed by atoms with E-state index in [0.717, 1.165) is 29.1 Å². The largest absolute Gasteiger partial charge is 0.484 e. The summed E-state index contributed by atoms with van der Waals surface area (Å²) in [5.74, 6) is 2.09. The molecule has 0 saturated carbocycles. The molecule has 21 heavy (non-hydrogen) atoms. The number of benzene rings is 1. The number of aryl methyl sites for hydroxylation is 2. The van der Waals surface area contributed by atoms with Crippen molar-refractivity contribution in [3.05, 3.63) is 35.2 Å². The third-order valence-electron chi connectivity index (χ3n) is 2.80. The molecule has 0 aliphatic heterocycles. The fourth-order valence-corrected chi connectivity index (χ4v) is 2.38. The number of hydrogen-bond acceptors (Lipinski definition) is 6. The molecule has 1 aromatic carbocycles. The number of ether oxygens (including phenoxy) is 1. The average Bonchev–Trinajstić information content (AvgIpc) is 2.92. The first-order chi connectivity index (χ1) is 10.2. The highest BCUT2D eigenvalue weighted by atomic mass is 32.2. The van der Waals surface area contributed by atoms with Crippen LogP contribution >= 0.6 is 11.8 Å². The lowest BCUT2D eigenvalue weighted by atomic mass is 10.1. The fourth-order valence-electron chi connectivity index (χ4n) is 1.67. The van der Waals surface area contributed by atoms with Crippen LogP contribution in [0, 0.1) is 25.2 Å². The van der Waals surface area contributed by atoms with Crippen molar-refractivity contribution in [1.29, 1.82) is 5.26 Å². The van der Waals surface area contributed by atoms with Crippen molar-refractivity contribution in [2.75, 3.05) is 5.75 Å². The van der Waals surface area contributed by atoms with Gasteiger partial charge < -0.3 is 9.15 Å². The van der Waals surface area contributed by atoms with Crippen molar-refractivity contribution in [1.82, 2.24) is 10.2 Å². The number of nitriles is 1. The molecule has 0 spiro atoms. The van der Waals surface area contributed by atoms with E-state index in [1.54, 1.807) is 0 Å². The number of rotatable bonds is 7. The summed E-state index contributed by atoms with van der Waals surface area (Å²) in [7, 11) is 0. The standard InChI is InChI=1S/C15H17N3O2S/c1-11-5-6-12(2)13(9-11)19-10-14-17-18-15(20-14)21-8-4-3-7-16/h5-6,9H,3-4,8,10H2,1-2H3. The minimum Gasteiger partial charge on any atom is -0.484 e. The molecule has 0 saturated heterocycles. The van der Waals surface area contributed by atoms with Crippen LogP contribution in [0.25, 0.3) is 0 Å². The van der Waals surface area contributed by atoms with Crippen molar-refractivity contribution in [3.8, 4) is 11.8 Å². The molecule has 1 heterocycles. The third-order valence-corrected chi connectivity index (χ3v) is 3.71. The number of aromatic nitrogens is 2. The van der Waals surface area contributed by atoms with Crippen LogP contribution in [0.5, 0.6) is 5.75 Å².